The Balaban J connectivity index is 2.13. The first kappa shape index (κ1) is 18.6. The quantitative estimate of drug-likeness (QED) is 0.749. The van der Waals surface area contributed by atoms with Crippen molar-refractivity contribution in [1.82, 2.24) is 10.3 Å². The molecule has 0 aliphatic rings. The van der Waals surface area contributed by atoms with Crippen LogP contribution in [0.1, 0.15) is 66.1 Å². The first-order valence-electron chi connectivity index (χ1n) is 8.68. The maximum Gasteiger partial charge on any atom is 0.274 e. The van der Waals surface area contributed by atoms with Crippen LogP contribution >= 0.6 is 0 Å². The lowest BCUT2D eigenvalue weighted by atomic mass is 10.0. The zero-order valence-corrected chi connectivity index (χ0v) is 15.0. The van der Waals surface area contributed by atoms with Gasteiger partial charge >= 0.3 is 0 Å². The number of benzene rings is 1. The minimum atomic E-state index is -0.323. The summed E-state index contributed by atoms with van der Waals surface area (Å²) in [7, 11) is 0. The summed E-state index contributed by atoms with van der Waals surface area (Å²) in [6, 6.07) is 12.6. The van der Waals surface area contributed by atoms with Crippen LogP contribution in [0, 0.1) is 0 Å². The van der Waals surface area contributed by atoms with Crippen LogP contribution in [0.2, 0.25) is 0 Å². The third-order valence-corrected chi connectivity index (χ3v) is 3.86. The fraction of sp³-hybridized carbons (Fsp3) is 0.350. The molecule has 0 saturated carbocycles. The Morgan fingerprint density at radius 3 is 2.36 bits per heavy atom. The zero-order valence-electron chi connectivity index (χ0n) is 15.0. The van der Waals surface area contributed by atoms with Crippen molar-refractivity contribution < 1.29 is 9.59 Å². The molecule has 0 fully saturated rings. The molecule has 0 atom stereocenters. The number of amides is 2. The molecule has 2 amide bonds. The van der Waals surface area contributed by atoms with E-state index in [0.717, 1.165) is 24.1 Å². The predicted molar refractivity (Wildman–Crippen MR) is 100.0 cm³/mol. The van der Waals surface area contributed by atoms with Crippen LogP contribution in [0.4, 0.5) is 5.69 Å². The first-order chi connectivity index (χ1) is 12.0. The van der Waals surface area contributed by atoms with Crippen molar-refractivity contribution in [2.75, 3.05) is 11.9 Å². The molecule has 5 nitrogen and oxygen atoms in total. The van der Waals surface area contributed by atoms with Crippen LogP contribution in [0.15, 0.2) is 42.5 Å². The molecule has 2 N–H and O–H groups in total. The second-order valence-electron chi connectivity index (χ2n) is 6.21. The van der Waals surface area contributed by atoms with Crippen LogP contribution in [0.5, 0.6) is 0 Å². The molecule has 2 rings (SSSR count). The van der Waals surface area contributed by atoms with Crippen molar-refractivity contribution in [2.24, 2.45) is 0 Å². The van der Waals surface area contributed by atoms with Gasteiger partial charge in [0.25, 0.3) is 11.8 Å². The average molecular weight is 339 g/mol. The number of pyridine rings is 1. The molecule has 0 saturated heterocycles. The topological polar surface area (TPSA) is 71.1 Å². The second kappa shape index (κ2) is 8.97. The summed E-state index contributed by atoms with van der Waals surface area (Å²) in [6.45, 7) is 6.81. The van der Waals surface area contributed by atoms with E-state index in [1.807, 2.05) is 24.3 Å². The molecule has 0 bridgehead atoms. The van der Waals surface area contributed by atoms with Gasteiger partial charge in [0.2, 0.25) is 0 Å². The van der Waals surface area contributed by atoms with Crippen LogP contribution in [0.3, 0.4) is 0 Å². The number of nitrogens with one attached hydrogen (secondary N) is 2. The van der Waals surface area contributed by atoms with Gasteiger partial charge in [0.1, 0.15) is 11.4 Å². The average Bonchev–Trinajstić information content (AvgIpc) is 2.62. The molecule has 132 valence electrons. The largest absolute Gasteiger partial charge is 0.351 e. The van der Waals surface area contributed by atoms with Gasteiger partial charge in [0, 0.05) is 12.2 Å². The second-order valence-corrected chi connectivity index (χ2v) is 6.21. The molecule has 1 aromatic heterocycles. The van der Waals surface area contributed by atoms with Gasteiger partial charge in [0.05, 0.1) is 0 Å². The van der Waals surface area contributed by atoms with Gasteiger partial charge in [-0.1, -0.05) is 51.5 Å². The van der Waals surface area contributed by atoms with E-state index in [1.165, 1.54) is 0 Å². The number of nitrogens with zero attached hydrogens (tertiary/aromatic N) is 1. The molecule has 2 aromatic rings. The SMILES string of the molecule is CCCCNC(=O)c1cccc(C(=O)Nc2ccccc2C(C)C)n1. The highest BCUT2D eigenvalue weighted by Crippen LogP contribution is 2.24. The summed E-state index contributed by atoms with van der Waals surface area (Å²) in [6.07, 6.45) is 1.92. The van der Waals surface area contributed by atoms with E-state index >= 15 is 0 Å². The summed E-state index contributed by atoms with van der Waals surface area (Å²) < 4.78 is 0. The number of carbonyl (C=O) groups excluding carboxylic acids is 2. The minimum absolute atomic E-state index is 0.224. The summed E-state index contributed by atoms with van der Waals surface area (Å²) in [4.78, 5) is 28.8. The minimum Gasteiger partial charge on any atom is -0.351 e. The van der Waals surface area contributed by atoms with Gasteiger partial charge in [-0.05, 0) is 36.1 Å². The standard InChI is InChI=1S/C20H25N3O2/c1-4-5-13-21-19(24)17-11-8-12-18(22-17)20(25)23-16-10-7-6-9-15(16)14(2)3/h6-12,14H,4-5,13H2,1-3H3,(H,21,24)(H,23,25). The molecule has 0 aliphatic carbocycles. The molecule has 0 aliphatic heterocycles. The van der Waals surface area contributed by atoms with Gasteiger partial charge in [-0.2, -0.15) is 0 Å². The molecule has 0 spiro atoms. The van der Waals surface area contributed by atoms with E-state index in [2.05, 4.69) is 36.4 Å². The Labute approximate surface area is 148 Å². The first-order valence-corrected chi connectivity index (χ1v) is 8.68. The van der Waals surface area contributed by atoms with Crippen LogP contribution < -0.4 is 10.6 Å². The van der Waals surface area contributed by atoms with Gasteiger partial charge < -0.3 is 10.6 Å². The highest BCUT2D eigenvalue weighted by atomic mass is 16.2. The third kappa shape index (κ3) is 5.14. The fourth-order valence-electron chi connectivity index (χ4n) is 2.46. The molecule has 0 radical (unpaired) electrons. The smallest absolute Gasteiger partial charge is 0.274 e. The Morgan fingerprint density at radius 1 is 1.00 bits per heavy atom. The van der Waals surface area contributed by atoms with Crippen molar-refractivity contribution >= 4 is 17.5 Å². The number of carbonyl (C=O) groups is 2. The Hall–Kier alpha value is -2.69. The maximum absolute atomic E-state index is 12.5. The molecular formula is C20H25N3O2. The highest BCUT2D eigenvalue weighted by molar-refractivity contribution is 6.04. The van der Waals surface area contributed by atoms with Crippen molar-refractivity contribution in [3.8, 4) is 0 Å². The fourth-order valence-corrected chi connectivity index (χ4v) is 2.46. The Morgan fingerprint density at radius 2 is 1.68 bits per heavy atom. The maximum atomic E-state index is 12.5. The predicted octanol–water partition coefficient (Wildman–Crippen LogP) is 3.99. The van der Waals surface area contributed by atoms with Gasteiger partial charge in [-0.25, -0.2) is 4.98 Å². The summed E-state index contributed by atoms with van der Waals surface area (Å²) in [5.41, 5.74) is 2.30. The molecule has 25 heavy (non-hydrogen) atoms. The number of anilines is 1. The Kier molecular flexibility index (Phi) is 6.69. The summed E-state index contributed by atoms with van der Waals surface area (Å²) in [5, 5.41) is 5.70. The normalized spacial score (nSPS) is 10.6. The third-order valence-electron chi connectivity index (χ3n) is 3.86. The van der Waals surface area contributed by atoms with Crippen molar-refractivity contribution in [1.29, 1.82) is 0 Å². The molecule has 0 unspecified atom stereocenters. The lowest BCUT2D eigenvalue weighted by Crippen LogP contribution is -2.26. The van der Waals surface area contributed by atoms with Crippen molar-refractivity contribution in [3.63, 3.8) is 0 Å². The molecular weight excluding hydrogens is 314 g/mol. The van der Waals surface area contributed by atoms with Crippen molar-refractivity contribution in [2.45, 2.75) is 39.5 Å². The van der Waals surface area contributed by atoms with Crippen LogP contribution in [-0.4, -0.2) is 23.3 Å². The lowest BCUT2D eigenvalue weighted by molar-refractivity contribution is 0.0948. The van der Waals surface area contributed by atoms with E-state index < -0.39 is 0 Å². The van der Waals surface area contributed by atoms with E-state index in [0.29, 0.717) is 12.5 Å². The van der Waals surface area contributed by atoms with E-state index in [-0.39, 0.29) is 23.2 Å². The van der Waals surface area contributed by atoms with E-state index in [4.69, 9.17) is 0 Å². The summed E-state index contributed by atoms with van der Waals surface area (Å²) >= 11 is 0. The van der Waals surface area contributed by atoms with Gasteiger partial charge in [0.15, 0.2) is 0 Å². The van der Waals surface area contributed by atoms with E-state index in [1.54, 1.807) is 18.2 Å². The molecule has 1 heterocycles. The summed E-state index contributed by atoms with van der Waals surface area (Å²) in [5.74, 6) is -0.290. The number of hydrogen-bond donors (Lipinski definition) is 2. The monoisotopic (exact) mass is 339 g/mol. The number of rotatable bonds is 7. The van der Waals surface area contributed by atoms with E-state index in [9.17, 15) is 9.59 Å². The van der Waals surface area contributed by atoms with Gasteiger partial charge in [-0.3, -0.25) is 9.59 Å². The highest BCUT2D eigenvalue weighted by Gasteiger charge is 2.14. The number of hydrogen-bond acceptors (Lipinski definition) is 3. The molecule has 1 aromatic carbocycles. The Bertz CT molecular complexity index is 741. The number of para-hydroxylation sites is 1. The lowest BCUT2D eigenvalue weighted by Gasteiger charge is -2.13. The number of aromatic nitrogens is 1. The number of unbranched alkanes of at least 4 members (excludes halogenated alkanes) is 1. The van der Waals surface area contributed by atoms with Gasteiger partial charge in [-0.15, -0.1) is 0 Å². The van der Waals surface area contributed by atoms with Crippen molar-refractivity contribution in [3.05, 3.63) is 59.4 Å². The van der Waals surface area contributed by atoms with Crippen LogP contribution in [-0.2, 0) is 0 Å². The zero-order chi connectivity index (χ0) is 18.2. The van der Waals surface area contributed by atoms with Crippen LogP contribution in [0.25, 0.3) is 0 Å². The molecule has 5 heteroatoms.